The van der Waals surface area contributed by atoms with Gasteiger partial charge in [0.25, 0.3) is 11.4 Å². The lowest BCUT2D eigenvalue weighted by Crippen LogP contribution is -3.00. The van der Waals surface area contributed by atoms with Crippen LogP contribution in [0.15, 0.2) is 59.7 Å². The SMILES string of the molecule is OC1(c2ccc(F)cc2)N=CN[n+]2ccc3ccc(Cl)cc3c21.[Cl-]. The molecule has 0 saturated carbocycles. The Balaban J connectivity index is 0.00000169. The van der Waals surface area contributed by atoms with Crippen LogP contribution in [0.4, 0.5) is 4.39 Å². The molecule has 2 heterocycles. The van der Waals surface area contributed by atoms with Crippen molar-refractivity contribution in [1.29, 1.82) is 0 Å². The molecule has 24 heavy (non-hydrogen) atoms. The molecule has 1 aromatic heterocycles. The van der Waals surface area contributed by atoms with Crippen molar-refractivity contribution >= 4 is 28.7 Å². The van der Waals surface area contributed by atoms with Crippen LogP contribution in [0.3, 0.4) is 0 Å². The zero-order chi connectivity index (χ0) is 16.0. The van der Waals surface area contributed by atoms with Crippen molar-refractivity contribution in [2.75, 3.05) is 5.43 Å². The number of nitrogens with one attached hydrogen (secondary N) is 1. The van der Waals surface area contributed by atoms with Crippen molar-refractivity contribution < 1.29 is 26.6 Å². The van der Waals surface area contributed by atoms with Crippen molar-refractivity contribution in [3.63, 3.8) is 0 Å². The van der Waals surface area contributed by atoms with Gasteiger partial charge in [0.15, 0.2) is 0 Å². The number of pyridine rings is 1. The molecule has 2 aromatic carbocycles. The van der Waals surface area contributed by atoms with Gasteiger partial charge in [-0.05, 0) is 29.7 Å². The fourth-order valence-electron chi connectivity index (χ4n) is 2.84. The third-order valence-electron chi connectivity index (χ3n) is 3.94. The molecule has 0 saturated heterocycles. The fraction of sp³-hybridized carbons (Fsp3) is 0.0588. The van der Waals surface area contributed by atoms with Gasteiger partial charge in [-0.2, -0.15) is 0 Å². The van der Waals surface area contributed by atoms with Crippen LogP contribution in [0.5, 0.6) is 0 Å². The molecule has 1 aliphatic rings. The highest BCUT2D eigenvalue weighted by Gasteiger charge is 2.43. The minimum atomic E-state index is -1.64. The number of rotatable bonds is 1. The average Bonchev–Trinajstić information content (AvgIpc) is 2.55. The highest BCUT2D eigenvalue weighted by Crippen LogP contribution is 2.35. The Labute approximate surface area is 148 Å². The normalized spacial score (nSPS) is 18.6. The number of nitrogens with zero attached hydrogens (tertiary/aromatic N) is 2. The summed E-state index contributed by atoms with van der Waals surface area (Å²) < 4.78 is 14.9. The Morgan fingerprint density at radius 2 is 1.88 bits per heavy atom. The molecular formula is C17H12Cl2FN3O. The van der Waals surface area contributed by atoms with E-state index < -0.39 is 5.72 Å². The summed E-state index contributed by atoms with van der Waals surface area (Å²) in [5.74, 6) is -0.371. The van der Waals surface area contributed by atoms with Crippen LogP contribution in [-0.4, -0.2) is 11.4 Å². The molecule has 2 N–H and O–H groups in total. The van der Waals surface area contributed by atoms with Crippen molar-refractivity contribution in [1.82, 2.24) is 0 Å². The second kappa shape index (κ2) is 6.02. The molecule has 3 aromatic rings. The van der Waals surface area contributed by atoms with Gasteiger partial charge in [0.2, 0.25) is 6.20 Å². The number of aliphatic imine (C=N–C) groups is 1. The van der Waals surface area contributed by atoms with Crippen LogP contribution in [0, 0.1) is 5.82 Å². The molecule has 1 aliphatic heterocycles. The van der Waals surface area contributed by atoms with Crippen molar-refractivity contribution in [3.8, 4) is 0 Å². The fourth-order valence-corrected chi connectivity index (χ4v) is 3.01. The van der Waals surface area contributed by atoms with Gasteiger partial charge in [-0.3, -0.25) is 0 Å². The van der Waals surface area contributed by atoms with Crippen LogP contribution < -0.4 is 22.5 Å². The standard InChI is InChI=1S/C17H12ClFN3O.ClH/c18-13-4-1-11-7-8-22-16(15(11)9-13)17(23,20-10-21-22)12-2-5-14(19)6-3-12;/h1-10,23H,(H,20,21);1H/q+1;/p-1. The van der Waals surface area contributed by atoms with E-state index in [0.717, 1.165) is 10.8 Å². The monoisotopic (exact) mass is 363 g/mol. The summed E-state index contributed by atoms with van der Waals surface area (Å²) in [5, 5.41) is 13.5. The third kappa shape index (κ3) is 2.51. The molecule has 122 valence electrons. The van der Waals surface area contributed by atoms with Gasteiger partial charge in [-0.25, -0.2) is 9.38 Å². The van der Waals surface area contributed by atoms with Crippen LogP contribution >= 0.6 is 11.6 Å². The van der Waals surface area contributed by atoms with E-state index in [1.807, 2.05) is 12.1 Å². The molecule has 0 radical (unpaired) electrons. The summed E-state index contributed by atoms with van der Waals surface area (Å²) in [6.45, 7) is 0. The minimum absolute atomic E-state index is 0. The first-order chi connectivity index (χ1) is 11.1. The van der Waals surface area contributed by atoms with Crippen LogP contribution in [0.2, 0.25) is 5.02 Å². The lowest BCUT2D eigenvalue weighted by atomic mass is 9.94. The zero-order valence-electron chi connectivity index (χ0n) is 12.2. The number of fused-ring (bicyclic) bond motifs is 3. The molecule has 0 spiro atoms. The van der Waals surface area contributed by atoms with Gasteiger partial charge < -0.3 is 17.5 Å². The molecule has 4 rings (SSSR count). The van der Waals surface area contributed by atoms with Crippen LogP contribution in [0.25, 0.3) is 10.8 Å². The predicted octanol–water partition coefficient (Wildman–Crippen LogP) is -0.297. The maximum Gasteiger partial charge on any atom is 0.279 e. The Morgan fingerprint density at radius 3 is 2.62 bits per heavy atom. The van der Waals surface area contributed by atoms with E-state index in [-0.39, 0.29) is 18.2 Å². The van der Waals surface area contributed by atoms with E-state index in [9.17, 15) is 9.50 Å². The smallest absolute Gasteiger partial charge is 0.279 e. The van der Waals surface area contributed by atoms with Crippen LogP contribution in [-0.2, 0) is 5.72 Å². The van der Waals surface area contributed by atoms with E-state index in [1.54, 1.807) is 23.0 Å². The van der Waals surface area contributed by atoms with Gasteiger partial charge >= 0.3 is 0 Å². The minimum Gasteiger partial charge on any atom is -1.00 e. The summed E-state index contributed by atoms with van der Waals surface area (Å²) in [6, 6.07) is 13.0. The third-order valence-corrected chi connectivity index (χ3v) is 4.17. The first kappa shape index (κ1) is 16.6. The topological polar surface area (TPSA) is 48.5 Å². The van der Waals surface area contributed by atoms with E-state index in [1.165, 1.54) is 30.6 Å². The molecule has 1 unspecified atom stereocenters. The summed E-state index contributed by atoms with van der Waals surface area (Å²) in [4.78, 5) is 4.22. The Hall–Kier alpha value is -2.21. The zero-order valence-corrected chi connectivity index (χ0v) is 13.8. The summed E-state index contributed by atoms with van der Waals surface area (Å²) in [5.41, 5.74) is 2.31. The summed E-state index contributed by atoms with van der Waals surface area (Å²) in [7, 11) is 0. The second-order valence-corrected chi connectivity index (χ2v) is 5.77. The largest absolute Gasteiger partial charge is 1.00 e. The first-order valence-electron chi connectivity index (χ1n) is 7.01. The second-order valence-electron chi connectivity index (χ2n) is 5.33. The maximum atomic E-state index is 13.2. The maximum absolute atomic E-state index is 13.2. The number of aliphatic hydroxyl groups is 1. The van der Waals surface area contributed by atoms with E-state index in [4.69, 9.17) is 11.6 Å². The average molecular weight is 364 g/mol. The summed E-state index contributed by atoms with van der Waals surface area (Å²) >= 11 is 6.12. The van der Waals surface area contributed by atoms with E-state index >= 15 is 0 Å². The predicted molar refractivity (Wildman–Crippen MR) is 86.4 cm³/mol. The molecule has 4 nitrogen and oxygen atoms in total. The van der Waals surface area contributed by atoms with Gasteiger partial charge in [-0.1, -0.05) is 34.5 Å². The number of hydrogen-bond donors (Lipinski definition) is 2. The van der Waals surface area contributed by atoms with E-state index in [2.05, 4.69) is 10.4 Å². The van der Waals surface area contributed by atoms with Gasteiger partial charge in [0, 0.05) is 16.7 Å². The molecule has 7 heteroatoms. The van der Waals surface area contributed by atoms with Crippen molar-refractivity contribution in [2.24, 2.45) is 4.99 Å². The molecular weight excluding hydrogens is 352 g/mol. The number of hydrogen-bond acceptors (Lipinski definition) is 3. The number of halogens is 3. The first-order valence-corrected chi connectivity index (χ1v) is 7.39. The number of benzene rings is 2. The highest BCUT2D eigenvalue weighted by atomic mass is 35.5. The van der Waals surface area contributed by atoms with Gasteiger partial charge in [-0.15, -0.1) is 5.43 Å². The molecule has 0 fully saturated rings. The molecule has 0 amide bonds. The highest BCUT2D eigenvalue weighted by molar-refractivity contribution is 6.31. The molecule has 0 aliphatic carbocycles. The Kier molecular flexibility index (Phi) is 4.17. The number of aromatic nitrogens is 1. The molecule has 0 bridgehead atoms. The van der Waals surface area contributed by atoms with Crippen molar-refractivity contribution in [2.45, 2.75) is 5.72 Å². The van der Waals surface area contributed by atoms with Crippen LogP contribution in [0.1, 0.15) is 11.3 Å². The Bertz CT molecular complexity index is 946. The lowest BCUT2D eigenvalue weighted by molar-refractivity contribution is -0.655. The van der Waals surface area contributed by atoms with Gasteiger partial charge in [0.1, 0.15) is 12.2 Å². The Morgan fingerprint density at radius 1 is 1.12 bits per heavy atom. The summed E-state index contributed by atoms with van der Waals surface area (Å²) in [6.07, 6.45) is 3.21. The quantitative estimate of drug-likeness (QED) is 0.583. The molecule has 1 atom stereocenters. The van der Waals surface area contributed by atoms with Crippen molar-refractivity contribution in [3.05, 3.63) is 76.8 Å². The van der Waals surface area contributed by atoms with E-state index in [0.29, 0.717) is 16.3 Å². The van der Waals surface area contributed by atoms with Gasteiger partial charge in [0.05, 0.1) is 5.39 Å². The lowest BCUT2D eigenvalue weighted by Gasteiger charge is -2.25.